The maximum absolute atomic E-state index is 6.06. The number of hydrogen-bond acceptors (Lipinski definition) is 3. The van der Waals surface area contributed by atoms with Crippen LogP contribution < -0.4 is 119 Å². The molecule has 13 heteroatoms. The summed E-state index contributed by atoms with van der Waals surface area (Å²) < 4.78 is 0. The van der Waals surface area contributed by atoms with E-state index in [0.717, 1.165) is 6.54 Å². The molecule has 0 atom stereocenters. The fourth-order valence-electron chi connectivity index (χ4n) is 0.204. The van der Waals surface area contributed by atoms with Gasteiger partial charge in [0.05, 0.1) is 0 Å². The first-order valence-corrected chi connectivity index (χ1v) is 3.52. The molecule has 4 radical (unpaired) electrons. The SMILES string of the molecule is CCCCN.CN.I.I.I.N=C(N)N.[I-].[I-].[I-].[I-].[Pb]. The third-order valence-corrected chi connectivity index (χ3v) is 0.558. The number of guanidine groups is 1. The van der Waals surface area contributed by atoms with Crippen LogP contribution in [0.1, 0.15) is 19.8 Å². The first kappa shape index (κ1) is 74.7. The van der Waals surface area contributed by atoms with Crippen LogP contribution in [0.15, 0.2) is 0 Å². The van der Waals surface area contributed by atoms with E-state index in [1.807, 2.05) is 0 Å². The second-order valence-electron chi connectivity index (χ2n) is 1.60. The molecule has 0 aromatic carbocycles. The van der Waals surface area contributed by atoms with Crippen LogP contribution in [0.5, 0.6) is 0 Å². The number of unbranched alkanes of at least 4 members (excludes halogenated alkanes) is 1. The van der Waals surface area contributed by atoms with Crippen molar-refractivity contribution in [3.8, 4) is 0 Å². The van der Waals surface area contributed by atoms with E-state index >= 15 is 0 Å². The van der Waals surface area contributed by atoms with E-state index in [1.165, 1.54) is 19.9 Å². The first-order valence-electron chi connectivity index (χ1n) is 3.52. The quantitative estimate of drug-likeness (QED) is 0.0817. The standard InChI is InChI=1S/C4H11N.CH5N3.CH5N.7HI.Pb/c1-2-3-4-5;2-1(3)4;1-2;;;;;;;;/h2-5H2,1H3;(H5,2,3,4);2H2,1H3;7*1H;/p-4. The summed E-state index contributed by atoms with van der Waals surface area (Å²) in [6.07, 6.45) is 2.39. The Bertz CT molecular complexity index is 81.0. The Labute approximate surface area is 257 Å². The Morgan fingerprint density at radius 1 is 0.895 bits per heavy atom. The van der Waals surface area contributed by atoms with Crippen LogP contribution in [0.3, 0.4) is 0 Å². The van der Waals surface area contributed by atoms with E-state index in [0.29, 0.717) is 0 Å². The predicted molar refractivity (Wildman–Crippen MR) is 102 cm³/mol. The van der Waals surface area contributed by atoms with Crippen LogP contribution in [-0.4, -0.2) is 46.9 Å². The summed E-state index contributed by atoms with van der Waals surface area (Å²) in [6, 6.07) is 0. The van der Waals surface area contributed by atoms with E-state index in [2.05, 4.69) is 24.1 Å². The summed E-state index contributed by atoms with van der Waals surface area (Å²) >= 11 is 0. The number of hydrogen-bond donors (Lipinski definition) is 5. The Hall–Kier alpha value is 5.22. The van der Waals surface area contributed by atoms with Crippen molar-refractivity contribution in [3.63, 3.8) is 0 Å². The molecule has 0 saturated heterocycles. The molecule has 0 heterocycles. The van der Waals surface area contributed by atoms with Gasteiger partial charge < -0.3 is 119 Å². The maximum Gasteiger partial charge on any atom is 0.183 e. The average Bonchev–Trinajstić information content (AvgIpc) is 1.93. The van der Waals surface area contributed by atoms with E-state index in [1.54, 1.807) is 0 Å². The van der Waals surface area contributed by atoms with Crippen molar-refractivity contribution in [1.29, 1.82) is 5.41 Å². The zero-order chi connectivity index (χ0) is 9.70. The molecule has 0 saturated carbocycles. The van der Waals surface area contributed by atoms with Crippen LogP contribution in [0.25, 0.3) is 0 Å². The van der Waals surface area contributed by atoms with Gasteiger partial charge >= 0.3 is 0 Å². The number of rotatable bonds is 2. The van der Waals surface area contributed by atoms with E-state index < -0.39 is 0 Å². The molecule has 5 nitrogen and oxygen atoms in total. The molecule has 19 heavy (non-hydrogen) atoms. The van der Waals surface area contributed by atoms with Gasteiger partial charge in [-0.3, -0.25) is 5.41 Å². The summed E-state index contributed by atoms with van der Waals surface area (Å²) in [6.45, 7) is 2.98. The Morgan fingerprint density at radius 3 is 1.05 bits per heavy atom. The molecule has 0 amide bonds. The summed E-state index contributed by atoms with van der Waals surface area (Å²) in [5.41, 5.74) is 18.6. The molecule has 0 bridgehead atoms. The van der Waals surface area contributed by atoms with Gasteiger partial charge in [0.1, 0.15) is 0 Å². The number of halogens is 7. The summed E-state index contributed by atoms with van der Waals surface area (Å²) in [5, 5.41) is 6.06. The molecule has 0 aromatic heterocycles. The van der Waals surface area contributed by atoms with Gasteiger partial charge in [0.2, 0.25) is 0 Å². The maximum atomic E-state index is 6.06. The summed E-state index contributed by atoms with van der Waals surface area (Å²) in [7, 11) is 1.50. The molecular formula is C6H24I7N5Pb-4. The minimum Gasteiger partial charge on any atom is -1.00 e. The van der Waals surface area contributed by atoms with E-state index in [9.17, 15) is 0 Å². The van der Waals surface area contributed by atoms with Gasteiger partial charge in [0.15, 0.2) is 5.96 Å². The van der Waals surface area contributed by atoms with E-state index in [4.69, 9.17) is 11.1 Å². The average molecular weight is 1260 g/mol. The normalized spacial score (nSPS) is 3.79. The molecule has 0 spiro atoms. The molecule has 130 valence electrons. The van der Waals surface area contributed by atoms with Crippen LogP contribution in [-0.2, 0) is 0 Å². The molecule has 0 aliphatic rings. The fourth-order valence-corrected chi connectivity index (χ4v) is 0.204. The van der Waals surface area contributed by atoms with Gasteiger partial charge in [0.25, 0.3) is 0 Å². The largest absolute Gasteiger partial charge is 1.00 e. The third-order valence-electron chi connectivity index (χ3n) is 0.558. The fraction of sp³-hybridized carbons (Fsp3) is 0.833. The smallest absolute Gasteiger partial charge is 0.183 e. The minimum absolute atomic E-state index is 0. The van der Waals surface area contributed by atoms with Gasteiger partial charge in [0, 0.05) is 27.3 Å². The van der Waals surface area contributed by atoms with Gasteiger partial charge in [-0.25, -0.2) is 0 Å². The third kappa shape index (κ3) is 201. The molecular weight excluding hydrogens is 1240 g/mol. The van der Waals surface area contributed by atoms with Crippen molar-refractivity contribution in [2.75, 3.05) is 13.6 Å². The van der Waals surface area contributed by atoms with Crippen LogP contribution in [0.4, 0.5) is 0 Å². The number of nitrogens with one attached hydrogen (secondary N) is 1. The molecule has 0 aliphatic carbocycles. The van der Waals surface area contributed by atoms with Crippen LogP contribution >= 0.6 is 71.9 Å². The van der Waals surface area contributed by atoms with Gasteiger partial charge in [-0.2, -0.15) is 0 Å². The number of nitrogens with two attached hydrogens (primary N) is 4. The Morgan fingerprint density at radius 2 is 1.05 bits per heavy atom. The molecule has 0 rings (SSSR count). The minimum atomic E-state index is -0.333. The molecule has 0 unspecified atom stereocenters. The molecule has 9 N–H and O–H groups in total. The zero-order valence-corrected chi connectivity index (χ0v) is 30.2. The van der Waals surface area contributed by atoms with Crippen LogP contribution in [0.2, 0.25) is 0 Å². The second kappa shape index (κ2) is 91.1. The second-order valence-corrected chi connectivity index (χ2v) is 1.60. The van der Waals surface area contributed by atoms with Crippen molar-refractivity contribution in [1.82, 2.24) is 0 Å². The van der Waals surface area contributed by atoms with Gasteiger partial charge in [-0.05, 0) is 20.0 Å². The van der Waals surface area contributed by atoms with Gasteiger partial charge in [-0.15, -0.1) is 71.9 Å². The summed E-state index contributed by atoms with van der Waals surface area (Å²) in [4.78, 5) is 0. The van der Waals surface area contributed by atoms with Crippen molar-refractivity contribution in [2.45, 2.75) is 19.8 Å². The zero-order valence-electron chi connectivity index (χ0n) is 10.7. The van der Waals surface area contributed by atoms with Crippen LogP contribution in [0, 0.1) is 5.41 Å². The van der Waals surface area contributed by atoms with Crippen molar-refractivity contribution < 1.29 is 95.9 Å². The Kier molecular flexibility index (Phi) is 358. The summed E-state index contributed by atoms with van der Waals surface area (Å²) in [5.74, 6) is -0.333. The predicted octanol–water partition coefficient (Wildman–Crippen LogP) is -11.4. The molecule has 0 aromatic rings. The van der Waals surface area contributed by atoms with Crippen molar-refractivity contribution in [3.05, 3.63) is 0 Å². The molecule has 0 aliphatic heterocycles. The molecule has 0 fully saturated rings. The van der Waals surface area contributed by atoms with Gasteiger partial charge in [-0.1, -0.05) is 13.3 Å². The van der Waals surface area contributed by atoms with Crippen molar-refractivity contribution >= 4 is 105 Å². The topological polar surface area (TPSA) is 128 Å². The van der Waals surface area contributed by atoms with E-state index in [-0.39, 0.29) is 201 Å². The monoisotopic (exact) mass is 1260 g/mol. The van der Waals surface area contributed by atoms with Crippen molar-refractivity contribution in [2.24, 2.45) is 22.9 Å². The first-order chi connectivity index (χ1) is 5.15. The Balaban J connectivity index is -0.00000000484.